The van der Waals surface area contributed by atoms with Crippen molar-refractivity contribution in [3.63, 3.8) is 0 Å². The second-order valence-corrected chi connectivity index (χ2v) is 6.51. The van der Waals surface area contributed by atoms with E-state index in [1.165, 1.54) is 0 Å². The summed E-state index contributed by atoms with van der Waals surface area (Å²) in [5.41, 5.74) is 1.32. The van der Waals surface area contributed by atoms with E-state index in [4.69, 9.17) is 0 Å². The highest BCUT2D eigenvalue weighted by molar-refractivity contribution is 7.11. The lowest BCUT2D eigenvalue weighted by Crippen LogP contribution is -2.43. The number of aryl methyl sites for hydroxylation is 2. The molecule has 0 saturated carbocycles. The van der Waals surface area contributed by atoms with Crippen molar-refractivity contribution in [1.82, 2.24) is 30.6 Å². The third-order valence-corrected chi connectivity index (χ3v) is 4.81. The van der Waals surface area contributed by atoms with Gasteiger partial charge in [-0.2, -0.15) is 0 Å². The molecular weight excluding hydrogens is 288 g/mol. The van der Waals surface area contributed by atoms with Gasteiger partial charge in [0.1, 0.15) is 0 Å². The zero-order valence-electron chi connectivity index (χ0n) is 12.3. The van der Waals surface area contributed by atoms with Crippen LogP contribution in [0.25, 0.3) is 0 Å². The van der Waals surface area contributed by atoms with Gasteiger partial charge in [-0.15, -0.1) is 16.4 Å². The second-order valence-electron chi connectivity index (χ2n) is 5.27. The van der Waals surface area contributed by atoms with Crippen molar-refractivity contribution in [2.45, 2.75) is 32.9 Å². The summed E-state index contributed by atoms with van der Waals surface area (Å²) in [5.74, 6) is -0.202. The van der Waals surface area contributed by atoms with Gasteiger partial charge in [0, 0.05) is 18.0 Å². The molecule has 1 amide bonds. The molecular formula is C13H18N6OS. The minimum absolute atomic E-state index is 0.0841. The molecule has 2 aromatic heterocycles. The Balaban J connectivity index is 1.68. The highest BCUT2D eigenvalue weighted by Crippen LogP contribution is 2.24. The van der Waals surface area contributed by atoms with Gasteiger partial charge in [-0.1, -0.05) is 5.21 Å². The number of thiazole rings is 1. The van der Waals surface area contributed by atoms with Crippen molar-refractivity contribution < 1.29 is 4.79 Å². The zero-order valence-corrected chi connectivity index (χ0v) is 13.1. The van der Waals surface area contributed by atoms with Gasteiger partial charge in [0.2, 0.25) is 0 Å². The van der Waals surface area contributed by atoms with E-state index in [1.54, 1.807) is 22.2 Å². The van der Waals surface area contributed by atoms with Crippen LogP contribution in [0.5, 0.6) is 0 Å². The van der Waals surface area contributed by atoms with E-state index in [0.29, 0.717) is 11.7 Å². The molecule has 0 radical (unpaired) electrons. The molecule has 3 rings (SSSR count). The quantitative estimate of drug-likeness (QED) is 0.880. The van der Waals surface area contributed by atoms with Crippen molar-refractivity contribution in [3.8, 4) is 0 Å². The monoisotopic (exact) mass is 306 g/mol. The number of amides is 1. The SMILES string of the molecule is Cc1nc(C)c(C(C)NC(=O)c2cn(C3CNC3)nn2)s1. The Kier molecular flexibility index (Phi) is 3.73. The molecule has 1 fully saturated rings. The first-order valence-electron chi connectivity index (χ1n) is 6.92. The van der Waals surface area contributed by atoms with Crippen molar-refractivity contribution in [1.29, 1.82) is 0 Å². The molecule has 1 aliphatic rings. The Bertz CT molecular complexity index is 659. The lowest BCUT2D eigenvalue weighted by atomic mass is 10.2. The summed E-state index contributed by atoms with van der Waals surface area (Å²) in [7, 11) is 0. The molecule has 0 aliphatic carbocycles. The molecule has 7 nitrogen and oxygen atoms in total. The van der Waals surface area contributed by atoms with Gasteiger partial charge in [-0.25, -0.2) is 9.67 Å². The number of carbonyl (C=O) groups excluding carboxylic acids is 1. The van der Waals surface area contributed by atoms with Crippen LogP contribution in [0.2, 0.25) is 0 Å². The molecule has 112 valence electrons. The second kappa shape index (κ2) is 5.53. The summed E-state index contributed by atoms with van der Waals surface area (Å²) in [5, 5.41) is 15.1. The fourth-order valence-corrected chi connectivity index (χ4v) is 3.23. The maximum atomic E-state index is 12.2. The number of nitrogens with one attached hydrogen (secondary N) is 2. The van der Waals surface area contributed by atoms with Gasteiger partial charge < -0.3 is 10.6 Å². The average molecular weight is 306 g/mol. The maximum absolute atomic E-state index is 12.2. The Morgan fingerprint density at radius 2 is 2.29 bits per heavy atom. The summed E-state index contributed by atoms with van der Waals surface area (Å²) < 4.78 is 1.75. The number of hydrogen-bond donors (Lipinski definition) is 2. The van der Waals surface area contributed by atoms with Gasteiger partial charge in [0.05, 0.1) is 29.0 Å². The smallest absolute Gasteiger partial charge is 0.273 e. The molecule has 3 heterocycles. The molecule has 2 N–H and O–H groups in total. The topological polar surface area (TPSA) is 84.7 Å². The lowest BCUT2D eigenvalue weighted by Gasteiger charge is -2.26. The summed E-state index contributed by atoms with van der Waals surface area (Å²) in [4.78, 5) is 17.7. The Hall–Kier alpha value is -1.80. The summed E-state index contributed by atoms with van der Waals surface area (Å²) in [6, 6.07) is 0.224. The van der Waals surface area contributed by atoms with Crippen LogP contribution in [0.3, 0.4) is 0 Å². The van der Waals surface area contributed by atoms with Gasteiger partial charge in [0.15, 0.2) is 5.69 Å². The molecule has 1 atom stereocenters. The van der Waals surface area contributed by atoms with Crippen LogP contribution in [0, 0.1) is 13.8 Å². The van der Waals surface area contributed by atoms with E-state index < -0.39 is 0 Å². The number of carbonyl (C=O) groups is 1. The Morgan fingerprint density at radius 3 is 2.86 bits per heavy atom. The van der Waals surface area contributed by atoms with Gasteiger partial charge in [-0.05, 0) is 20.8 Å². The van der Waals surface area contributed by atoms with Crippen LogP contribution in [0.1, 0.15) is 45.1 Å². The van der Waals surface area contributed by atoms with E-state index in [-0.39, 0.29) is 11.9 Å². The highest BCUT2D eigenvalue weighted by atomic mass is 32.1. The fourth-order valence-electron chi connectivity index (χ4n) is 2.30. The molecule has 0 bridgehead atoms. The molecule has 1 saturated heterocycles. The third kappa shape index (κ3) is 2.81. The van der Waals surface area contributed by atoms with E-state index in [1.807, 2.05) is 20.8 Å². The first-order valence-corrected chi connectivity index (χ1v) is 7.73. The van der Waals surface area contributed by atoms with Crippen molar-refractivity contribution in [2.75, 3.05) is 13.1 Å². The van der Waals surface area contributed by atoms with E-state index in [9.17, 15) is 4.79 Å². The molecule has 1 aliphatic heterocycles. The standard InChI is InChI=1S/C13H18N6OS/c1-7-12(21-9(3)15-7)8(2)16-13(20)11-6-19(18-17-11)10-4-14-5-10/h6,8,10,14H,4-5H2,1-3H3,(H,16,20). The Labute approximate surface area is 126 Å². The van der Waals surface area contributed by atoms with Gasteiger partial charge >= 0.3 is 0 Å². The number of hydrogen-bond acceptors (Lipinski definition) is 6. The normalized spacial score (nSPS) is 16.5. The summed E-state index contributed by atoms with van der Waals surface area (Å²) >= 11 is 1.61. The third-order valence-electron chi connectivity index (χ3n) is 3.56. The van der Waals surface area contributed by atoms with Gasteiger partial charge in [-0.3, -0.25) is 4.79 Å². The fraction of sp³-hybridized carbons (Fsp3) is 0.538. The number of rotatable bonds is 4. The number of nitrogens with zero attached hydrogens (tertiary/aromatic N) is 4. The van der Waals surface area contributed by atoms with E-state index in [0.717, 1.165) is 28.7 Å². The van der Waals surface area contributed by atoms with Crippen LogP contribution in [-0.4, -0.2) is 39.0 Å². The lowest BCUT2D eigenvalue weighted by molar-refractivity contribution is 0.0935. The molecule has 21 heavy (non-hydrogen) atoms. The van der Waals surface area contributed by atoms with E-state index >= 15 is 0 Å². The van der Waals surface area contributed by atoms with E-state index in [2.05, 4.69) is 25.9 Å². The number of aromatic nitrogens is 4. The van der Waals surface area contributed by atoms with Crippen LogP contribution < -0.4 is 10.6 Å². The molecule has 0 aromatic carbocycles. The van der Waals surface area contributed by atoms with Gasteiger partial charge in [0.25, 0.3) is 5.91 Å². The summed E-state index contributed by atoms with van der Waals surface area (Å²) in [6.07, 6.45) is 1.71. The molecule has 2 aromatic rings. The summed E-state index contributed by atoms with van der Waals surface area (Å²) in [6.45, 7) is 7.63. The van der Waals surface area contributed by atoms with Crippen LogP contribution in [0.4, 0.5) is 0 Å². The largest absolute Gasteiger partial charge is 0.343 e. The maximum Gasteiger partial charge on any atom is 0.273 e. The minimum atomic E-state index is -0.202. The van der Waals surface area contributed by atoms with Crippen molar-refractivity contribution in [2.24, 2.45) is 0 Å². The molecule has 1 unspecified atom stereocenters. The van der Waals surface area contributed by atoms with Crippen LogP contribution >= 0.6 is 11.3 Å². The Morgan fingerprint density at radius 1 is 1.52 bits per heavy atom. The highest BCUT2D eigenvalue weighted by Gasteiger charge is 2.23. The van der Waals surface area contributed by atoms with Crippen molar-refractivity contribution >= 4 is 17.2 Å². The average Bonchev–Trinajstić information content (AvgIpc) is 2.94. The van der Waals surface area contributed by atoms with Crippen LogP contribution in [0.15, 0.2) is 6.20 Å². The zero-order chi connectivity index (χ0) is 15.0. The predicted octanol–water partition coefficient (Wildman–Crippen LogP) is 0.987. The molecule has 8 heteroatoms. The minimum Gasteiger partial charge on any atom is -0.343 e. The van der Waals surface area contributed by atoms with Crippen LogP contribution in [-0.2, 0) is 0 Å². The van der Waals surface area contributed by atoms with Crippen molar-refractivity contribution in [3.05, 3.63) is 27.5 Å². The first-order chi connectivity index (χ1) is 10.0. The predicted molar refractivity (Wildman–Crippen MR) is 79.4 cm³/mol. The molecule has 0 spiro atoms. The first kappa shape index (κ1) is 14.2.